The van der Waals surface area contributed by atoms with E-state index in [4.69, 9.17) is 9.47 Å². The zero-order valence-electron chi connectivity index (χ0n) is 18.0. The molecule has 0 radical (unpaired) electrons. The van der Waals surface area contributed by atoms with Crippen molar-refractivity contribution < 1.29 is 14.3 Å². The fourth-order valence-corrected chi connectivity index (χ4v) is 2.95. The number of ether oxygens (including phenoxy) is 2. The highest BCUT2D eigenvalue weighted by molar-refractivity contribution is 5.88. The van der Waals surface area contributed by atoms with Gasteiger partial charge in [0.15, 0.2) is 0 Å². The summed E-state index contributed by atoms with van der Waals surface area (Å²) in [5, 5.41) is 0. The summed E-state index contributed by atoms with van der Waals surface area (Å²) in [5.41, 5.74) is 2.20. The van der Waals surface area contributed by atoms with Gasteiger partial charge in [0.2, 0.25) is 0 Å². The average molecular weight is 395 g/mol. The Balaban J connectivity index is 1.78. The van der Waals surface area contributed by atoms with Gasteiger partial charge in [-0.25, -0.2) is 4.79 Å². The predicted octanol–water partition coefficient (Wildman–Crippen LogP) is 6.85. The second-order valence-corrected chi connectivity index (χ2v) is 7.59. The Hall–Kier alpha value is -2.55. The molecular formula is C26H34O3. The second kappa shape index (κ2) is 12.8. The smallest absolute Gasteiger partial charge is 0.336 e. The zero-order chi connectivity index (χ0) is 20.9. The highest BCUT2D eigenvalue weighted by Crippen LogP contribution is 2.17. The molecule has 0 N–H and O–H groups in total. The molecule has 2 rings (SSSR count). The molecule has 0 aliphatic heterocycles. The van der Waals surface area contributed by atoms with Gasteiger partial charge in [0.05, 0.1) is 6.61 Å². The van der Waals surface area contributed by atoms with Crippen LogP contribution in [-0.2, 0) is 11.2 Å². The molecule has 0 saturated heterocycles. The summed E-state index contributed by atoms with van der Waals surface area (Å²) in [7, 11) is 0. The quantitative estimate of drug-likeness (QED) is 0.171. The molecule has 0 amide bonds. The largest absolute Gasteiger partial charge is 0.494 e. The minimum Gasteiger partial charge on any atom is -0.494 e. The van der Waals surface area contributed by atoms with Crippen LogP contribution in [0.4, 0.5) is 0 Å². The second-order valence-electron chi connectivity index (χ2n) is 7.59. The molecule has 3 heteroatoms. The van der Waals surface area contributed by atoms with E-state index in [9.17, 15) is 4.79 Å². The van der Waals surface area contributed by atoms with Gasteiger partial charge in [-0.3, -0.25) is 0 Å². The Kier molecular flexibility index (Phi) is 10.1. The first-order valence-corrected chi connectivity index (χ1v) is 10.8. The van der Waals surface area contributed by atoms with Crippen molar-refractivity contribution in [2.24, 2.45) is 5.92 Å². The maximum absolute atomic E-state index is 12.1. The molecule has 2 aromatic rings. The summed E-state index contributed by atoms with van der Waals surface area (Å²) in [6.07, 6.45) is 10.2. The van der Waals surface area contributed by atoms with Gasteiger partial charge in [0, 0.05) is 6.08 Å². The van der Waals surface area contributed by atoms with Crippen LogP contribution in [0, 0.1) is 5.92 Å². The summed E-state index contributed by atoms with van der Waals surface area (Å²) >= 11 is 0. The zero-order valence-corrected chi connectivity index (χ0v) is 18.0. The number of carbonyl (C=O) groups is 1. The van der Waals surface area contributed by atoms with Gasteiger partial charge in [0.1, 0.15) is 11.5 Å². The van der Waals surface area contributed by atoms with Crippen LogP contribution < -0.4 is 9.47 Å². The Labute approximate surface area is 175 Å². The van der Waals surface area contributed by atoms with E-state index in [2.05, 4.69) is 20.8 Å². The van der Waals surface area contributed by atoms with Gasteiger partial charge in [-0.2, -0.15) is 0 Å². The van der Waals surface area contributed by atoms with Gasteiger partial charge >= 0.3 is 5.97 Å². The molecule has 1 atom stereocenters. The molecule has 29 heavy (non-hydrogen) atoms. The maximum Gasteiger partial charge on any atom is 0.336 e. The van der Waals surface area contributed by atoms with E-state index in [-0.39, 0.29) is 5.97 Å². The summed E-state index contributed by atoms with van der Waals surface area (Å²) in [6.45, 7) is 7.39. The summed E-state index contributed by atoms with van der Waals surface area (Å²) in [4.78, 5) is 12.1. The van der Waals surface area contributed by atoms with E-state index in [1.54, 1.807) is 6.08 Å². The standard InChI is InChI=1S/C26H34O3/c1-4-6-7-8-19-28-24-14-9-22(10-15-24)13-18-26(27)29-25-16-11-23(12-17-25)20-21(3)5-2/h9-18,21H,4-8,19-20H2,1-3H3. The first kappa shape index (κ1) is 22.7. The van der Waals surface area contributed by atoms with Crippen molar-refractivity contribution in [3.63, 3.8) is 0 Å². The van der Waals surface area contributed by atoms with Crippen molar-refractivity contribution in [1.29, 1.82) is 0 Å². The third kappa shape index (κ3) is 8.99. The average Bonchev–Trinajstić information content (AvgIpc) is 2.74. The van der Waals surface area contributed by atoms with Crippen LogP contribution in [0.15, 0.2) is 54.6 Å². The highest BCUT2D eigenvalue weighted by Gasteiger charge is 2.04. The van der Waals surface area contributed by atoms with Crippen LogP contribution in [0.5, 0.6) is 11.5 Å². The van der Waals surface area contributed by atoms with Gasteiger partial charge in [0.25, 0.3) is 0 Å². The number of carbonyl (C=O) groups excluding carboxylic acids is 1. The maximum atomic E-state index is 12.1. The molecule has 0 saturated carbocycles. The number of unbranched alkanes of at least 4 members (excludes halogenated alkanes) is 3. The molecule has 3 nitrogen and oxygen atoms in total. The van der Waals surface area contributed by atoms with Crippen molar-refractivity contribution >= 4 is 12.0 Å². The van der Waals surface area contributed by atoms with E-state index in [1.165, 1.54) is 30.9 Å². The Bertz CT molecular complexity index is 745. The third-order valence-corrected chi connectivity index (χ3v) is 4.98. The van der Waals surface area contributed by atoms with Crippen LogP contribution in [0.3, 0.4) is 0 Å². The Morgan fingerprint density at radius 3 is 2.28 bits per heavy atom. The van der Waals surface area contributed by atoms with Crippen LogP contribution in [0.25, 0.3) is 6.08 Å². The molecule has 0 aromatic heterocycles. The molecule has 0 heterocycles. The Morgan fingerprint density at radius 2 is 1.62 bits per heavy atom. The molecule has 2 aromatic carbocycles. The topological polar surface area (TPSA) is 35.5 Å². The van der Waals surface area contributed by atoms with E-state index >= 15 is 0 Å². The van der Waals surface area contributed by atoms with Crippen LogP contribution in [-0.4, -0.2) is 12.6 Å². The lowest BCUT2D eigenvalue weighted by Crippen LogP contribution is -2.04. The van der Waals surface area contributed by atoms with Gasteiger partial charge in [-0.15, -0.1) is 0 Å². The van der Waals surface area contributed by atoms with Gasteiger partial charge in [-0.05, 0) is 60.2 Å². The fourth-order valence-electron chi connectivity index (χ4n) is 2.95. The molecule has 0 spiro atoms. The molecular weight excluding hydrogens is 360 g/mol. The number of rotatable bonds is 12. The lowest BCUT2D eigenvalue weighted by atomic mass is 9.99. The number of hydrogen-bond acceptors (Lipinski definition) is 3. The van der Waals surface area contributed by atoms with Crippen molar-refractivity contribution in [2.75, 3.05) is 6.61 Å². The van der Waals surface area contributed by atoms with Gasteiger partial charge < -0.3 is 9.47 Å². The van der Waals surface area contributed by atoms with E-state index in [0.717, 1.165) is 37.2 Å². The van der Waals surface area contributed by atoms with E-state index < -0.39 is 0 Å². The number of benzene rings is 2. The molecule has 0 fully saturated rings. The van der Waals surface area contributed by atoms with Crippen LogP contribution in [0.2, 0.25) is 0 Å². The van der Waals surface area contributed by atoms with E-state index in [1.807, 2.05) is 48.5 Å². The summed E-state index contributed by atoms with van der Waals surface area (Å²) in [6, 6.07) is 15.5. The highest BCUT2D eigenvalue weighted by atomic mass is 16.5. The monoisotopic (exact) mass is 394 g/mol. The van der Waals surface area contributed by atoms with Crippen molar-refractivity contribution in [1.82, 2.24) is 0 Å². The fraction of sp³-hybridized carbons (Fsp3) is 0.423. The first-order chi connectivity index (χ1) is 14.1. The van der Waals surface area contributed by atoms with Crippen molar-refractivity contribution in [3.8, 4) is 11.5 Å². The summed E-state index contributed by atoms with van der Waals surface area (Å²) < 4.78 is 11.1. The number of hydrogen-bond donors (Lipinski definition) is 0. The van der Waals surface area contributed by atoms with Crippen molar-refractivity contribution in [2.45, 2.75) is 59.3 Å². The molecule has 0 aliphatic rings. The van der Waals surface area contributed by atoms with Gasteiger partial charge in [-0.1, -0.05) is 70.7 Å². The molecule has 0 aliphatic carbocycles. The Morgan fingerprint density at radius 1 is 0.931 bits per heavy atom. The molecule has 0 bridgehead atoms. The van der Waals surface area contributed by atoms with Crippen LogP contribution >= 0.6 is 0 Å². The van der Waals surface area contributed by atoms with Crippen LogP contribution in [0.1, 0.15) is 64.0 Å². The SMILES string of the molecule is CCCCCCOc1ccc(C=CC(=O)Oc2ccc(CC(C)CC)cc2)cc1. The first-order valence-electron chi connectivity index (χ1n) is 10.8. The lowest BCUT2D eigenvalue weighted by Gasteiger charge is -2.08. The number of esters is 1. The molecule has 1 unspecified atom stereocenters. The predicted molar refractivity (Wildman–Crippen MR) is 120 cm³/mol. The van der Waals surface area contributed by atoms with Crippen molar-refractivity contribution in [3.05, 3.63) is 65.7 Å². The summed E-state index contributed by atoms with van der Waals surface area (Å²) in [5.74, 6) is 1.71. The molecule has 156 valence electrons. The minimum atomic E-state index is -0.379. The third-order valence-electron chi connectivity index (χ3n) is 4.98. The normalized spacial score (nSPS) is 12.1. The van der Waals surface area contributed by atoms with E-state index in [0.29, 0.717) is 11.7 Å². The lowest BCUT2D eigenvalue weighted by molar-refractivity contribution is -0.128. The minimum absolute atomic E-state index is 0.379.